The molecule has 22 heavy (non-hydrogen) atoms. The third-order valence-corrected chi connectivity index (χ3v) is 4.65. The average molecular weight is 324 g/mol. The zero-order valence-corrected chi connectivity index (χ0v) is 13.9. The second kappa shape index (κ2) is 6.29. The first-order chi connectivity index (χ1) is 10.2. The number of hydrogen-bond donors (Lipinski definition) is 1. The minimum absolute atomic E-state index is 0.0346. The van der Waals surface area contributed by atoms with E-state index in [2.05, 4.69) is 0 Å². The molecule has 0 radical (unpaired) electrons. The van der Waals surface area contributed by atoms with E-state index >= 15 is 0 Å². The topological polar surface area (TPSA) is 57.6 Å². The highest BCUT2D eigenvalue weighted by Crippen LogP contribution is 2.30. The minimum atomic E-state index is -0.825. The Balaban J connectivity index is 2.21. The van der Waals surface area contributed by atoms with Crippen molar-refractivity contribution in [3.8, 4) is 0 Å². The summed E-state index contributed by atoms with van der Waals surface area (Å²) in [6, 6.07) is 7.24. The fraction of sp³-hybridized carbons (Fsp3) is 0.529. The third kappa shape index (κ3) is 3.43. The van der Waals surface area contributed by atoms with Crippen LogP contribution in [0.25, 0.3) is 0 Å². The molecule has 1 amide bonds. The van der Waals surface area contributed by atoms with E-state index < -0.39 is 17.3 Å². The molecule has 1 heterocycles. The van der Waals surface area contributed by atoms with E-state index in [1.54, 1.807) is 17.0 Å². The van der Waals surface area contributed by atoms with E-state index in [1.807, 2.05) is 32.9 Å². The van der Waals surface area contributed by atoms with Gasteiger partial charge in [0.1, 0.15) is 0 Å². The lowest BCUT2D eigenvalue weighted by atomic mass is 9.81. The quantitative estimate of drug-likeness (QED) is 0.929. The van der Waals surface area contributed by atoms with Crippen LogP contribution in [0.15, 0.2) is 24.3 Å². The van der Waals surface area contributed by atoms with Crippen LogP contribution in [-0.4, -0.2) is 35.0 Å². The molecule has 120 valence electrons. The molecule has 2 rings (SSSR count). The van der Waals surface area contributed by atoms with Gasteiger partial charge in [-0.1, -0.05) is 30.7 Å². The number of carboxylic acids is 1. The maximum Gasteiger partial charge on any atom is 0.308 e. The van der Waals surface area contributed by atoms with Gasteiger partial charge in [-0.3, -0.25) is 9.59 Å². The minimum Gasteiger partial charge on any atom is -0.481 e. The first kappa shape index (κ1) is 16.8. The van der Waals surface area contributed by atoms with E-state index in [9.17, 15) is 14.7 Å². The van der Waals surface area contributed by atoms with Gasteiger partial charge in [0.05, 0.1) is 11.3 Å². The fourth-order valence-corrected chi connectivity index (χ4v) is 3.21. The Hall–Kier alpha value is -1.55. The highest BCUT2D eigenvalue weighted by Gasteiger charge is 2.38. The molecule has 0 spiro atoms. The Morgan fingerprint density at radius 2 is 1.82 bits per heavy atom. The molecule has 0 bridgehead atoms. The van der Waals surface area contributed by atoms with Crippen LogP contribution in [0.3, 0.4) is 0 Å². The standard InChI is InChI=1S/C17H22ClNO3/c1-11-8-12(15(20)21)10-19(9-11)16(22)17(2,3)13-4-6-14(18)7-5-13/h4-7,11-12H,8-10H2,1-3H3,(H,20,21). The summed E-state index contributed by atoms with van der Waals surface area (Å²) in [4.78, 5) is 25.9. The van der Waals surface area contributed by atoms with Gasteiger partial charge in [-0.2, -0.15) is 0 Å². The Morgan fingerprint density at radius 3 is 2.36 bits per heavy atom. The van der Waals surface area contributed by atoms with Crippen molar-refractivity contribution in [3.05, 3.63) is 34.9 Å². The second-order valence-corrected chi connectivity index (χ2v) is 7.15. The van der Waals surface area contributed by atoms with Gasteiger partial charge in [0, 0.05) is 18.1 Å². The van der Waals surface area contributed by atoms with Gasteiger partial charge in [-0.05, 0) is 43.9 Å². The van der Waals surface area contributed by atoms with Crippen molar-refractivity contribution in [1.29, 1.82) is 0 Å². The number of likely N-dealkylation sites (tertiary alicyclic amines) is 1. The molecule has 2 atom stereocenters. The number of piperidine rings is 1. The molecule has 2 unspecified atom stereocenters. The van der Waals surface area contributed by atoms with Crippen LogP contribution >= 0.6 is 11.6 Å². The van der Waals surface area contributed by atoms with Gasteiger partial charge < -0.3 is 10.0 Å². The normalized spacial score (nSPS) is 22.5. The monoisotopic (exact) mass is 323 g/mol. The molecule has 0 saturated carbocycles. The van der Waals surface area contributed by atoms with Crippen molar-refractivity contribution in [3.63, 3.8) is 0 Å². The summed E-state index contributed by atoms with van der Waals surface area (Å²) in [7, 11) is 0. The molecular weight excluding hydrogens is 302 g/mol. The van der Waals surface area contributed by atoms with Gasteiger partial charge in [-0.25, -0.2) is 0 Å². The zero-order chi connectivity index (χ0) is 16.5. The van der Waals surface area contributed by atoms with Crippen LogP contribution in [0.1, 0.15) is 32.8 Å². The molecule has 1 aliphatic rings. The number of halogens is 1. The first-order valence-corrected chi connectivity index (χ1v) is 7.88. The summed E-state index contributed by atoms with van der Waals surface area (Å²) in [6.07, 6.45) is 0.625. The Labute approximate surface area is 136 Å². The lowest BCUT2D eigenvalue weighted by Crippen LogP contribution is -2.51. The molecule has 0 aromatic heterocycles. The second-order valence-electron chi connectivity index (χ2n) is 6.72. The molecule has 1 aromatic rings. The van der Waals surface area contributed by atoms with Crippen molar-refractivity contribution in [1.82, 2.24) is 4.90 Å². The lowest BCUT2D eigenvalue weighted by Gasteiger charge is -2.39. The maximum atomic E-state index is 12.9. The summed E-state index contributed by atoms with van der Waals surface area (Å²) in [5.74, 6) is -1.14. The van der Waals surface area contributed by atoms with Gasteiger partial charge >= 0.3 is 5.97 Å². The largest absolute Gasteiger partial charge is 0.481 e. The smallest absolute Gasteiger partial charge is 0.308 e. The van der Waals surface area contributed by atoms with Gasteiger partial charge in [-0.15, -0.1) is 0 Å². The van der Waals surface area contributed by atoms with Gasteiger partial charge in [0.25, 0.3) is 0 Å². The van der Waals surface area contributed by atoms with Crippen molar-refractivity contribution in [2.45, 2.75) is 32.6 Å². The Kier molecular flexibility index (Phi) is 4.81. The Morgan fingerprint density at radius 1 is 1.23 bits per heavy atom. The molecular formula is C17H22ClNO3. The van der Waals surface area contributed by atoms with Crippen LogP contribution < -0.4 is 0 Å². The van der Waals surface area contributed by atoms with Gasteiger partial charge in [0.15, 0.2) is 0 Å². The highest BCUT2D eigenvalue weighted by atomic mass is 35.5. The molecule has 1 saturated heterocycles. The molecule has 0 aliphatic carbocycles. The third-order valence-electron chi connectivity index (χ3n) is 4.40. The van der Waals surface area contributed by atoms with E-state index in [4.69, 9.17) is 11.6 Å². The predicted molar refractivity (Wildman–Crippen MR) is 86.0 cm³/mol. The van der Waals surface area contributed by atoms with Crippen LogP contribution in [0, 0.1) is 11.8 Å². The number of benzene rings is 1. The highest BCUT2D eigenvalue weighted by molar-refractivity contribution is 6.30. The number of hydrogen-bond acceptors (Lipinski definition) is 2. The molecule has 1 fully saturated rings. The number of aliphatic carboxylic acids is 1. The van der Waals surface area contributed by atoms with E-state index in [0.717, 1.165) is 5.56 Å². The van der Waals surface area contributed by atoms with Gasteiger partial charge in [0.2, 0.25) is 5.91 Å². The van der Waals surface area contributed by atoms with E-state index in [0.29, 0.717) is 18.0 Å². The van der Waals surface area contributed by atoms with Crippen molar-refractivity contribution in [2.75, 3.05) is 13.1 Å². The summed E-state index contributed by atoms with van der Waals surface area (Å²) in [5.41, 5.74) is 0.178. The van der Waals surface area contributed by atoms with E-state index in [1.165, 1.54) is 0 Å². The van der Waals surface area contributed by atoms with Crippen molar-refractivity contribution < 1.29 is 14.7 Å². The number of nitrogens with zero attached hydrogens (tertiary/aromatic N) is 1. The van der Waals surface area contributed by atoms with Crippen LogP contribution in [0.2, 0.25) is 5.02 Å². The number of carboxylic acid groups (broad SMARTS) is 1. The average Bonchev–Trinajstić information content (AvgIpc) is 2.46. The predicted octanol–water partition coefficient (Wildman–Crippen LogP) is 3.19. The summed E-state index contributed by atoms with van der Waals surface area (Å²) < 4.78 is 0. The molecule has 5 heteroatoms. The summed E-state index contributed by atoms with van der Waals surface area (Å²) in [6.45, 7) is 6.63. The number of carbonyl (C=O) groups is 2. The molecule has 1 N–H and O–H groups in total. The van der Waals surface area contributed by atoms with Crippen molar-refractivity contribution in [2.24, 2.45) is 11.8 Å². The first-order valence-electron chi connectivity index (χ1n) is 7.50. The zero-order valence-electron chi connectivity index (χ0n) is 13.2. The van der Waals surface area contributed by atoms with Crippen LogP contribution in [0.5, 0.6) is 0 Å². The Bertz CT molecular complexity index is 568. The fourth-order valence-electron chi connectivity index (χ4n) is 3.08. The summed E-state index contributed by atoms with van der Waals surface area (Å²) >= 11 is 5.90. The van der Waals surface area contributed by atoms with Crippen LogP contribution in [0.4, 0.5) is 0 Å². The van der Waals surface area contributed by atoms with E-state index in [-0.39, 0.29) is 18.4 Å². The molecule has 1 aliphatic heterocycles. The molecule has 4 nitrogen and oxygen atoms in total. The van der Waals surface area contributed by atoms with Crippen LogP contribution in [-0.2, 0) is 15.0 Å². The SMILES string of the molecule is CC1CC(C(=O)O)CN(C(=O)C(C)(C)c2ccc(Cl)cc2)C1. The number of rotatable bonds is 3. The van der Waals surface area contributed by atoms with Crippen molar-refractivity contribution >= 4 is 23.5 Å². The molecule has 1 aromatic carbocycles. The number of amides is 1. The maximum absolute atomic E-state index is 12.9. The number of carbonyl (C=O) groups excluding carboxylic acids is 1. The summed E-state index contributed by atoms with van der Waals surface area (Å²) in [5, 5.41) is 9.88. The lowest BCUT2D eigenvalue weighted by molar-refractivity contribution is -0.148.